The normalized spacial score (nSPS) is 13.6. The average Bonchev–Trinajstić information content (AvgIpc) is 2.97. The van der Waals surface area contributed by atoms with E-state index in [9.17, 15) is 4.79 Å². The fraction of sp³-hybridized carbons (Fsp3) is 0.286. The van der Waals surface area contributed by atoms with Crippen LogP contribution in [0.25, 0.3) is 11.4 Å². The first-order valence-electron chi connectivity index (χ1n) is 9.33. The summed E-state index contributed by atoms with van der Waals surface area (Å²) in [7, 11) is 0. The number of benzene rings is 2. The van der Waals surface area contributed by atoms with Crippen molar-refractivity contribution < 1.29 is 4.79 Å². The molecule has 0 radical (unpaired) electrons. The van der Waals surface area contributed by atoms with E-state index in [1.165, 1.54) is 12.8 Å². The number of amides is 1. The van der Waals surface area contributed by atoms with Gasteiger partial charge in [-0.05, 0) is 61.6 Å². The predicted octanol–water partition coefficient (Wildman–Crippen LogP) is 5.30. The summed E-state index contributed by atoms with van der Waals surface area (Å²) in [5, 5.41) is 12.1. The van der Waals surface area contributed by atoms with Gasteiger partial charge in [0.15, 0.2) is 5.82 Å². The fourth-order valence-corrected chi connectivity index (χ4v) is 4.05. The number of aryl methyl sites for hydroxylation is 1. The smallest absolute Gasteiger partial charge is 0.257 e. The quantitative estimate of drug-likeness (QED) is 0.591. The summed E-state index contributed by atoms with van der Waals surface area (Å²) in [4.78, 5) is 13.6. The molecule has 1 aliphatic rings. The Morgan fingerprint density at radius 1 is 1.11 bits per heavy atom. The predicted molar refractivity (Wildman–Crippen MR) is 114 cm³/mol. The number of thioether (sulfide) groups is 1. The molecule has 0 spiro atoms. The third-order valence-corrected chi connectivity index (χ3v) is 5.98. The highest BCUT2D eigenvalue weighted by Gasteiger charge is 2.16. The molecule has 5 nitrogen and oxygen atoms in total. The lowest BCUT2D eigenvalue weighted by Gasteiger charge is -2.10. The van der Waals surface area contributed by atoms with Crippen LogP contribution in [0.2, 0.25) is 5.02 Å². The molecule has 28 heavy (non-hydrogen) atoms. The van der Waals surface area contributed by atoms with E-state index in [0.29, 0.717) is 10.6 Å². The van der Waals surface area contributed by atoms with E-state index in [2.05, 4.69) is 20.1 Å². The number of anilines is 1. The molecule has 0 aliphatic carbocycles. The van der Waals surface area contributed by atoms with Crippen LogP contribution in [0.1, 0.15) is 35.4 Å². The van der Waals surface area contributed by atoms with E-state index >= 15 is 0 Å². The second-order valence-corrected chi connectivity index (χ2v) is 8.07. The molecule has 0 saturated carbocycles. The van der Waals surface area contributed by atoms with Crippen LogP contribution in [0.3, 0.4) is 0 Å². The molecule has 4 rings (SSSR count). The zero-order valence-electron chi connectivity index (χ0n) is 15.6. The van der Waals surface area contributed by atoms with Crippen LogP contribution in [-0.2, 0) is 13.0 Å². The lowest BCUT2D eigenvalue weighted by molar-refractivity contribution is 0.102. The second kappa shape index (κ2) is 8.37. The van der Waals surface area contributed by atoms with Crippen molar-refractivity contribution in [2.24, 2.45) is 0 Å². The van der Waals surface area contributed by atoms with Crippen LogP contribution in [-0.4, -0.2) is 26.9 Å². The molecule has 2 aromatic carbocycles. The summed E-state index contributed by atoms with van der Waals surface area (Å²) < 4.78 is 2.22. The highest BCUT2D eigenvalue weighted by Crippen LogP contribution is 2.26. The van der Waals surface area contributed by atoms with E-state index in [4.69, 9.17) is 11.6 Å². The number of aromatic nitrogens is 3. The summed E-state index contributed by atoms with van der Waals surface area (Å²) in [6, 6.07) is 13.2. The molecular formula is C21H21ClN4OS. The van der Waals surface area contributed by atoms with E-state index in [1.54, 1.807) is 17.8 Å². The van der Waals surface area contributed by atoms with Crippen molar-refractivity contribution in [3.8, 4) is 11.4 Å². The van der Waals surface area contributed by atoms with Gasteiger partial charge < -0.3 is 9.88 Å². The van der Waals surface area contributed by atoms with Gasteiger partial charge in [0.1, 0.15) is 5.82 Å². The largest absolute Gasteiger partial charge is 0.322 e. The lowest BCUT2D eigenvalue weighted by atomic mass is 10.1. The van der Waals surface area contributed by atoms with Gasteiger partial charge in [0.05, 0.1) is 10.6 Å². The Kier molecular flexibility index (Phi) is 5.69. The first-order chi connectivity index (χ1) is 13.7. The number of carbonyl (C=O) groups is 1. The van der Waals surface area contributed by atoms with Crippen LogP contribution in [0, 0.1) is 0 Å². The van der Waals surface area contributed by atoms with Crippen molar-refractivity contribution in [2.45, 2.75) is 37.1 Å². The zero-order chi connectivity index (χ0) is 19.5. The third-order valence-electron chi connectivity index (χ3n) is 4.93. The summed E-state index contributed by atoms with van der Waals surface area (Å²) in [5.41, 5.74) is 2.19. The SMILES string of the molecule is CSc1ccc(Cl)c(C(=O)Nc2ccc(-c3nnc4n3CCCCC4)cc2)c1. The number of nitrogens with one attached hydrogen (secondary N) is 1. The summed E-state index contributed by atoms with van der Waals surface area (Å²) in [6.45, 7) is 0.959. The number of carbonyl (C=O) groups excluding carboxylic acids is 1. The number of fused-ring (bicyclic) bond motifs is 1. The van der Waals surface area contributed by atoms with E-state index in [0.717, 1.165) is 47.2 Å². The molecule has 0 unspecified atom stereocenters. The van der Waals surface area contributed by atoms with Crippen molar-refractivity contribution in [2.75, 3.05) is 11.6 Å². The van der Waals surface area contributed by atoms with E-state index < -0.39 is 0 Å². The number of rotatable bonds is 4. The van der Waals surface area contributed by atoms with Gasteiger partial charge in [-0.2, -0.15) is 0 Å². The first-order valence-corrected chi connectivity index (χ1v) is 10.9. The maximum atomic E-state index is 12.6. The molecule has 0 bridgehead atoms. The highest BCUT2D eigenvalue weighted by atomic mass is 35.5. The molecule has 3 aromatic rings. The van der Waals surface area contributed by atoms with E-state index in [1.807, 2.05) is 42.7 Å². The Bertz CT molecular complexity index is 1000. The molecule has 1 aromatic heterocycles. The number of nitrogens with zero attached hydrogens (tertiary/aromatic N) is 3. The van der Waals surface area contributed by atoms with Gasteiger partial charge in [-0.1, -0.05) is 18.0 Å². The number of hydrogen-bond donors (Lipinski definition) is 1. The van der Waals surface area contributed by atoms with Crippen LogP contribution >= 0.6 is 23.4 Å². The van der Waals surface area contributed by atoms with Gasteiger partial charge in [0.25, 0.3) is 5.91 Å². The van der Waals surface area contributed by atoms with Crippen molar-refractivity contribution in [1.82, 2.24) is 14.8 Å². The summed E-state index contributed by atoms with van der Waals surface area (Å²) in [6.07, 6.45) is 6.51. The zero-order valence-corrected chi connectivity index (χ0v) is 17.2. The van der Waals surface area contributed by atoms with Crippen molar-refractivity contribution in [1.29, 1.82) is 0 Å². The van der Waals surface area contributed by atoms with Gasteiger partial charge >= 0.3 is 0 Å². The monoisotopic (exact) mass is 412 g/mol. The number of hydrogen-bond acceptors (Lipinski definition) is 4. The van der Waals surface area contributed by atoms with Crippen LogP contribution in [0.15, 0.2) is 47.4 Å². The van der Waals surface area contributed by atoms with Crippen LogP contribution < -0.4 is 5.32 Å². The molecule has 1 aliphatic heterocycles. The molecule has 144 valence electrons. The highest BCUT2D eigenvalue weighted by molar-refractivity contribution is 7.98. The molecule has 0 atom stereocenters. The average molecular weight is 413 g/mol. The molecule has 1 amide bonds. The topological polar surface area (TPSA) is 59.8 Å². The Balaban J connectivity index is 1.53. The van der Waals surface area contributed by atoms with Crippen molar-refractivity contribution >= 4 is 35.0 Å². The maximum absolute atomic E-state index is 12.6. The summed E-state index contributed by atoms with van der Waals surface area (Å²) >= 11 is 7.77. The van der Waals surface area contributed by atoms with Crippen LogP contribution in [0.5, 0.6) is 0 Å². The Hall–Kier alpha value is -2.31. The van der Waals surface area contributed by atoms with Crippen molar-refractivity contribution in [3.63, 3.8) is 0 Å². The molecular weight excluding hydrogens is 392 g/mol. The molecule has 7 heteroatoms. The molecule has 1 N–H and O–H groups in total. The Morgan fingerprint density at radius 2 is 1.93 bits per heavy atom. The second-order valence-electron chi connectivity index (χ2n) is 6.78. The minimum absolute atomic E-state index is 0.218. The van der Waals surface area contributed by atoms with Crippen LogP contribution in [0.4, 0.5) is 5.69 Å². The van der Waals surface area contributed by atoms with Gasteiger partial charge in [0.2, 0.25) is 0 Å². The third kappa shape index (κ3) is 3.93. The molecule has 0 fully saturated rings. The first kappa shape index (κ1) is 19.0. The standard InChI is InChI=1S/C21H21ClN4OS/c1-28-16-10-11-18(22)17(13-16)21(27)23-15-8-6-14(7-9-15)20-25-24-19-5-3-2-4-12-26(19)20/h6-11,13H,2-5,12H2,1H3,(H,23,27). The Morgan fingerprint density at radius 3 is 2.71 bits per heavy atom. The minimum atomic E-state index is -0.218. The minimum Gasteiger partial charge on any atom is -0.322 e. The maximum Gasteiger partial charge on any atom is 0.257 e. The summed E-state index contributed by atoms with van der Waals surface area (Å²) in [5.74, 6) is 1.74. The van der Waals surface area contributed by atoms with Gasteiger partial charge in [-0.15, -0.1) is 22.0 Å². The van der Waals surface area contributed by atoms with Gasteiger partial charge in [-0.3, -0.25) is 4.79 Å². The molecule has 2 heterocycles. The van der Waals surface area contributed by atoms with Crippen molar-refractivity contribution in [3.05, 3.63) is 58.9 Å². The Labute approximate surface area is 173 Å². The lowest BCUT2D eigenvalue weighted by Crippen LogP contribution is -2.12. The fourth-order valence-electron chi connectivity index (χ4n) is 3.41. The van der Waals surface area contributed by atoms with E-state index in [-0.39, 0.29) is 5.91 Å². The molecule has 0 saturated heterocycles. The number of halogens is 1. The van der Waals surface area contributed by atoms with Gasteiger partial charge in [0, 0.05) is 29.1 Å². The van der Waals surface area contributed by atoms with Gasteiger partial charge in [-0.25, -0.2) is 0 Å².